The number of furan rings is 1. The van der Waals surface area contributed by atoms with Gasteiger partial charge in [0.2, 0.25) is 5.91 Å². The molecule has 0 bridgehead atoms. The third-order valence-electron chi connectivity index (χ3n) is 5.45. The lowest BCUT2D eigenvalue weighted by atomic mass is 10.1. The number of benzene rings is 2. The fraction of sp³-hybridized carbons (Fsp3) is 0.348. The summed E-state index contributed by atoms with van der Waals surface area (Å²) in [6.07, 6.45) is 0.997. The summed E-state index contributed by atoms with van der Waals surface area (Å²) in [5.41, 5.74) is 0.132. The van der Waals surface area contributed by atoms with E-state index >= 15 is 0 Å². The molecule has 2 heterocycles. The number of likely N-dealkylation sites (tertiary alicyclic amines) is 1. The average Bonchev–Trinajstić information content (AvgIpc) is 3.18. The Labute approximate surface area is 184 Å². The lowest BCUT2D eigenvalue weighted by molar-refractivity contribution is -0.133. The second kappa shape index (κ2) is 9.27. The number of amides is 2. The summed E-state index contributed by atoms with van der Waals surface area (Å²) in [5.74, 6) is -0.0554. The number of Topliss-reactive ketones (excluding diaryl/α,β-unsaturated/α-hetero) is 1. The molecular formula is C23H25N3O6. The normalized spacial score (nSPS) is 13.2. The Kier molecular flexibility index (Phi) is 6.27. The zero-order valence-corrected chi connectivity index (χ0v) is 17.8. The third-order valence-corrected chi connectivity index (χ3v) is 5.45. The first-order valence-corrected chi connectivity index (χ1v) is 10.6. The smallest absolute Gasteiger partial charge is 0.412 e. The van der Waals surface area contributed by atoms with E-state index in [0.29, 0.717) is 42.2 Å². The van der Waals surface area contributed by atoms with Crippen molar-refractivity contribution in [2.24, 2.45) is 0 Å². The Bertz CT molecular complexity index is 1180. The molecule has 1 saturated heterocycles. The molecule has 0 atom stereocenters. The first-order chi connectivity index (χ1) is 15.5. The minimum absolute atomic E-state index is 0.0431. The number of phenols is 1. The van der Waals surface area contributed by atoms with Crippen molar-refractivity contribution in [1.29, 1.82) is 0 Å². The molecule has 2 amide bonds. The largest absolute Gasteiger partial charge is 0.507 e. The number of phenolic OH excluding ortho intramolecular Hbond substituents is 1. The topological polar surface area (TPSA) is 121 Å². The highest BCUT2D eigenvalue weighted by atomic mass is 16.6. The van der Waals surface area contributed by atoms with Crippen molar-refractivity contribution in [3.05, 3.63) is 36.1 Å². The first kappa shape index (κ1) is 21.6. The predicted molar refractivity (Wildman–Crippen MR) is 118 cm³/mol. The van der Waals surface area contributed by atoms with Gasteiger partial charge in [-0.15, -0.1) is 0 Å². The Hall–Kier alpha value is -3.59. The summed E-state index contributed by atoms with van der Waals surface area (Å²) in [6, 6.07) is 8.34. The molecule has 1 fully saturated rings. The van der Waals surface area contributed by atoms with Crippen LogP contribution in [-0.4, -0.2) is 60.5 Å². The van der Waals surface area contributed by atoms with E-state index < -0.39 is 6.09 Å². The van der Waals surface area contributed by atoms with E-state index in [-0.39, 0.29) is 34.5 Å². The molecule has 1 aliphatic heterocycles. The van der Waals surface area contributed by atoms with Gasteiger partial charge in [-0.05, 0) is 25.5 Å². The molecule has 1 aliphatic rings. The second-order valence-corrected chi connectivity index (χ2v) is 7.71. The molecule has 0 saturated carbocycles. The maximum absolute atomic E-state index is 12.4. The molecule has 168 valence electrons. The maximum Gasteiger partial charge on any atom is 0.412 e. The molecule has 4 rings (SSSR count). The zero-order valence-electron chi connectivity index (χ0n) is 17.8. The molecule has 9 nitrogen and oxygen atoms in total. The number of fused-ring (bicyclic) bond motifs is 2. The molecule has 0 spiro atoms. The van der Waals surface area contributed by atoms with E-state index in [9.17, 15) is 19.5 Å². The van der Waals surface area contributed by atoms with Gasteiger partial charge in [0.25, 0.3) is 0 Å². The minimum Gasteiger partial charge on any atom is -0.507 e. The number of hydrogen-bond acceptors (Lipinski definition) is 7. The van der Waals surface area contributed by atoms with Gasteiger partial charge in [0, 0.05) is 37.3 Å². The van der Waals surface area contributed by atoms with Gasteiger partial charge < -0.3 is 29.8 Å². The third kappa shape index (κ3) is 4.38. The van der Waals surface area contributed by atoms with E-state index in [2.05, 4.69) is 10.6 Å². The fourth-order valence-corrected chi connectivity index (χ4v) is 3.57. The Balaban J connectivity index is 1.40. The van der Waals surface area contributed by atoms with Gasteiger partial charge in [-0.1, -0.05) is 24.3 Å². The lowest BCUT2D eigenvalue weighted by Gasteiger charge is -2.30. The number of ketones is 1. The van der Waals surface area contributed by atoms with Gasteiger partial charge in [0.15, 0.2) is 22.9 Å². The molecule has 2 aromatic carbocycles. The summed E-state index contributed by atoms with van der Waals surface area (Å²) in [7, 11) is 0. The monoisotopic (exact) mass is 439 g/mol. The summed E-state index contributed by atoms with van der Waals surface area (Å²) in [4.78, 5) is 37.8. The zero-order chi connectivity index (χ0) is 22.7. The van der Waals surface area contributed by atoms with E-state index in [4.69, 9.17) is 9.15 Å². The van der Waals surface area contributed by atoms with Crippen molar-refractivity contribution in [3.8, 4) is 11.5 Å². The maximum atomic E-state index is 12.4. The highest BCUT2D eigenvalue weighted by molar-refractivity contribution is 6.11. The van der Waals surface area contributed by atoms with Crippen LogP contribution in [0.4, 0.5) is 4.79 Å². The Morgan fingerprint density at radius 2 is 1.88 bits per heavy atom. The molecule has 9 heteroatoms. The van der Waals surface area contributed by atoms with Crippen LogP contribution in [0.1, 0.15) is 30.3 Å². The summed E-state index contributed by atoms with van der Waals surface area (Å²) in [5, 5.41) is 17.6. The standard InChI is InChI=1S/C23H25N3O6/c1-14(27)18-12-17-20(29)15-6-2-3-7-16(15)21(22(17)31-18)32-23(30)25-9-4-8-24-13-19(28)26-10-5-11-26/h2-3,6-7,12,24,29H,4-5,8-11,13H2,1H3,(H,25,30). The Morgan fingerprint density at radius 1 is 1.12 bits per heavy atom. The van der Waals surface area contributed by atoms with Gasteiger partial charge in [-0.25, -0.2) is 4.79 Å². The number of nitrogens with zero attached hydrogens (tertiary/aromatic N) is 1. The number of aromatic hydroxyl groups is 1. The highest BCUT2D eigenvalue weighted by Gasteiger charge is 2.22. The van der Waals surface area contributed by atoms with Crippen molar-refractivity contribution in [2.45, 2.75) is 19.8 Å². The van der Waals surface area contributed by atoms with E-state index in [1.54, 1.807) is 29.2 Å². The lowest BCUT2D eigenvalue weighted by Crippen LogP contribution is -2.46. The van der Waals surface area contributed by atoms with Crippen molar-refractivity contribution in [2.75, 3.05) is 32.7 Å². The van der Waals surface area contributed by atoms with Gasteiger partial charge >= 0.3 is 6.09 Å². The van der Waals surface area contributed by atoms with Crippen LogP contribution < -0.4 is 15.4 Å². The molecular weight excluding hydrogens is 414 g/mol. The van der Waals surface area contributed by atoms with Crippen molar-refractivity contribution < 1.29 is 28.6 Å². The van der Waals surface area contributed by atoms with Gasteiger partial charge in [-0.3, -0.25) is 9.59 Å². The molecule has 32 heavy (non-hydrogen) atoms. The number of carbonyl (C=O) groups is 3. The van der Waals surface area contributed by atoms with E-state index in [1.807, 2.05) is 0 Å². The minimum atomic E-state index is -0.681. The average molecular weight is 439 g/mol. The SMILES string of the molecule is CC(=O)c1cc2c(O)c3ccccc3c(OC(=O)NCCCNCC(=O)N3CCC3)c2o1. The summed E-state index contributed by atoms with van der Waals surface area (Å²) >= 11 is 0. The number of carbonyl (C=O) groups excluding carboxylic acids is 3. The second-order valence-electron chi connectivity index (χ2n) is 7.71. The van der Waals surface area contributed by atoms with Crippen molar-refractivity contribution in [1.82, 2.24) is 15.5 Å². The molecule has 1 aromatic heterocycles. The number of rotatable bonds is 8. The van der Waals surface area contributed by atoms with Gasteiger partial charge in [-0.2, -0.15) is 0 Å². The van der Waals surface area contributed by atoms with Gasteiger partial charge in [0.05, 0.1) is 11.9 Å². The molecule has 0 unspecified atom stereocenters. The Morgan fingerprint density at radius 3 is 2.56 bits per heavy atom. The van der Waals surface area contributed by atoms with E-state index in [1.165, 1.54) is 13.0 Å². The van der Waals surface area contributed by atoms with Crippen molar-refractivity contribution in [3.63, 3.8) is 0 Å². The molecule has 0 radical (unpaired) electrons. The van der Waals surface area contributed by atoms with Gasteiger partial charge in [0.1, 0.15) is 5.75 Å². The fourth-order valence-electron chi connectivity index (χ4n) is 3.57. The van der Waals surface area contributed by atoms with Crippen LogP contribution in [-0.2, 0) is 4.79 Å². The number of ether oxygens (including phenoxy) is 1. The van der Waals surface area contributed by atoms with Crippen LogP contribution >= 0.6 is 0 Å². The van der Waals surface area contributed by atoms with Crippen LogP contribution in [0.25, 0.3) is 21.7 Å². The van der Waals surface area contributed by atoms with Crippen LogP contribution in [0.15, 0.2) is 34.7 Å². The molecule has 0 aliphatic carbocycles. The quantitative estimate of drug-likeness (QED) is 0.364. The first-order valence-electron chi connectivity index (χ1n) is 10.6. The highest BCUT2D eigenvalue weighted by Crippen LogP contribution is 2.43. The van der Waals surface area contributed by atoms with Crippen LogP contribution in [0.5, 0.6) is 11.5 Å². The van der Waals surface area contributed by atoms with Crippen LogP contribution in [0.2, 0.25) is 0 Å². The molecule has 3 N–H and O–H groups in total. The van der Waals surface area contributed by atoms with Crippen LogP contribution in [0, 0.1) is 0 Å². The van der Waals surface area contributed by atoms with Crippen LogP contribution in [0.3, 0.4) is 0 Å². The predicted octanol–water partition coefficient (Wildman–Crippen LogP) is 2.79. The number of nitrogens with one attached hydrogen (secondary N) is 2. The van der Waals surface area contributed by atoms with Crippen molar-refractivity contribution >= 4 is 39.5 Å². The number of hydrogen-bond donors (Lipinski definition) is 3. The molecule has 3 aromatic rings. The van der Waals surface area contributed by atoms with E-state index in [0.717, 1.165) is 19.5 Å². The summed E-state index contributed by atoms with van der Waals surface area (Å²) < 4.78 is 11.1. The summed E-state index contributed by atoms with van der Waals surface area (Å²) in [6.45, 7) is 4.23.